The summed E-state index contributed by atoms with van der Waals surface area (Å²) in [5.41, 5.74) is 2.27. The molecule has 6 nitrogen and oxygen atoms in total. The SMILES string of the molecule is CC1CCN(c2ccc([C@@H](C)NC(=O)[C@H]3CCCN(S(=O)(=O)c4ccc(Cl)cc4)C3)cc2)CC1. The van der Waals surface area contributed by atoms with Crippen molar-refractivity contribution in [2.45, 2.75) is 50.5 Å². The molecule has 2 aliphatic rings. The molecule has 2 saturated heterocycles. The minimum Gasteiger partial charge on any atom is -0.372 e. The molecule has 0 bridgehead atoms. The number of hydrogen-bond donors (Lipinski definition) is 1. The summed E-state index contributed by atoms with van der Waals surface area (Å²) in [6.07, 6.45) is 3.78. The second kappa shape index (κ2) is 10.7. The summed E-state index contributed by atoms with van der Waals surface area (Å²) in [6.45, 7) is 7.06. The van der Waals surface area contributed by atoms with Crippen molar-refractivity contribution in [1.29, 1.82) is 0 Å². The minimum atomic E-state index is -3.65. The molecule has 2 aromatic rings. The third-order valence-corrected chi connectivity index (χ3v) is 9.24. The number of benzene rings is 2. The van der Waals surface area contributed by atoms with Gasteiger partial charge in [-0.05, 0) is 80.5 Å². The van der Waals surface area contributed by atoms with Gasteiger partial charge in [-0.3, -0.25) is 4.79 Å². The minimum absolute atomic E-state index is 0.0994. The molecule has 4 rings (SSSR count). The molecular formula is C26H34ClN3O3S. The predicted molar refractivity (Wildman–Crippen MR) is 137 cm³/mol. The average molecular weight is 504 g/mol. The first-order valence-electron chi connectivity index (χ1n) is 12.1. The van der Waals surface area contributed by atoms with Crippen molar-refractivity contribution in [3.05, 3.63) is 59.1 Å². The number of piperidine rings is 2. The molecule has 0 aliphatic carbocycles. The number of rotatable bonds is 6. The van der Waals surface area contributed by atoms with Crippen molar-refractivity contribution >= 4 is 33.2 Å². The highest BCUT2D eigenvalue weighted by Crippen LogP contribution is 2.27. The molecule has 0 radical (unpaired) electrons. The molecular weight excluding hydrogens is 470 g/mol. The van der Waals surface area contributed by atoms with E-state index in [-0.39, 0.29) is 29.3 Å². The summed E-state index contributed by atoms with van der Waals surface area (Å²) in [7, 11) is -3.65. The fourth-order valence-corrected chi connectivity index (χ4v) is 6.44. The van der Waals surface area contributed by atoms with Gasteiger partial charge in [0.1, 0.15) is 0 Å². The molecule has 2 atom stereocenters. The van der Waals surface area contributed by atoms with Crippen LogP contribution in [0.25, 0.3) is 0 Å². The molecule has 184 valence electrons. The summed E-state index contributed by atoms with van der Waals surface area (Å²) in [4.78, 5) is 15.6. The highest BCUT2D eigenvalue weighted by molar-refractivity contribution is 7.89. The summed E-state index contributed by atoms with van der Waals surface area (Å²) in [5.74, 6) is 0.327. The maximum Gasteiger partial charge on any atom is 0.243 e. The Bertz CT molecular complexity index is 1080. The quantitative estimate of drug-likeness (QED) is 0.611. The monoisotopic (exact) mass is 503 g/mol. The van der Waals surface area contributed by atoms with Gasteiger partial charge in [-0.15, -0.1) is 0 Å². The van der Waals surface area contributed by atoms with Gasteiger partial charge in [0.05, 0.1) is 16.9 Å². The Morgan fingerprint density at radius 3 is 2.29 bits per heavy atom. The van der Waals surface area contributed by atoms with Crippen molar-refractivity contribution in [3.8, 4) is 0 Å². The zero-order chi connectivity index (χ0) is 24.3. The van der Waals surface area contributed by atoms with Gasteiger partial charge >= 0.3 is 0 Å². The van der Waals surface area contributed by atoms with Gasteiger partial charge in [0.25, 0.3) is 0 Å². The Labute approximate surface area is 208 Å². The number of carbonyl (C=O) groups is 1. The number of anilines is 1. The fourth-order valence-electron chi connectivity index (χ4n) is 4.79. The summed E-state index contributed by atoms with van der Waals surface area (Å²) in [6, 6.07) is 14.4. The lowest BCUT2D eigenvalue weighted by Gasteiger charge is -2.32. The second-order valence-corrected chi connectivity index (χ2v) is 12.0. The number of sulfonamides is 1. The van der Waals surface area contributed by atoms with Crippen molar-refractivity contribution in [1.82, 2.24) is 9.62 Å². The van der Waals surface area contributed by atoms with Crippen molar-refractivity contribution in [3.63, 3.8) is 0 Å². The van der Waals surface area contributed by atoms with Crippen LogP contribution in [-0.4, -0.2) is 44.8 Å². The number of amides is 1. The van der Waals surface area contributed by atoms with Crippen LogP contribution in [0, 0.1) is 11.8 Å². The molecule has 0 unspecified atom stereocenters. The van der Waals surface area contributed by atoms with E-state index >= 15 is 0 Å². The van der Waals surface area contributed by atoms with Crippen molar-refractivity contribution in [2.24, 2.45) is 11.8 Å². The van der Waals surface area contributed by atoms with E-state index in [2.05, 4.69) is 41.4 Å². The molecule has 2 aliphatic heterocycles. The van der Waals surface area contributed by atoms with Crippen LogP contribution in [0.15, 0.2) is 53.4 Å². The standard InChI is InChI=1S/C26H34ClN3O3S/c1-19-13-16-29(17-14-19)24-9-5-21(6-10-24)20(2)28-26(31)22-4-3-15-30(18-22)34(32,33)25-11-7-23(27)8-12-25/h5-12,19-20,22H,3-4,13-18H2,1-2H3,(H,28,31)/t20-,22+/m1/s1. The van der Waals surface area contributed by atoms with Gasteiger partial charge in [-0.1, -0.05) is 30.7 Å². The van der Waals surface area contributed by atoms with E-state index in [1.54, 1.807) is 12.1 Å². The topological polar surface area (TPSA) is 69.7 Å². The van der Waals surface area contributed by atoms with Gasteiger partial charge < -0.3 is 10.2 Å². The summed E-state index contributed by atoms with van der Waals surface area (Å²) < 4.78 is 27.5. The van der Waals surface area contributed by atoms with Crippen LogP contribution in [0.1, 0.15) is 51.1 Å². The first-order valence-corrected chi connectivity index (χ1v) is 14.0. The number of hydrogen-bond acceptors (Lipinski definition) is 4. The molecule has 1 N–H and O–H groups in total. The van der Waals surface area contributed by atoms with Crippen LogP contribution >= 0.6 is 11.6 Å². The summed E-state index contributed by atoms with van der Waals surface area (Å²) in [5, 5.41) is 3.59. The van der Waals surface area contributed by atoms with Crippen LogP contribution in [-0.2, 0) is 14.8 Å². The Morgan fingerprint density at radius 2 is 1.65 bits per heavy atom. The lowest BCUT2D eigenvalue weighted by atomic mass is 9.97. The van der Waals surface area contributed by atoms with E-state index in [1.807, 2.05) is 6.92 Å². The highest BCUT2D eigenvalue weighted by Gasteiger charge is 2.33. The highest BCUT2D eigenvalue weighted by atomic mass is 35.5. The average Bonchev–Trinajstić information content (AvgIpc) is 2.85. The van der Waals surface area contributed by atoms with Crippen LogP contribution in [0.4, 0.5) is 5.69 Å². The lowest BCUT2D eigenvalue weighted by Crippen LogP contribution is -2.45. The van der Waals surface area contributed by atoms with E-state index in [9.17, 15) is 13.2 Å². The van der Waals surface area contributed by atoms with E-state index in [1.165, 1.54) is 35.0 Å². The van der Waals surface area contributed by atoms with Gasteiger partial charge in [-0.25, -0.2) is 8.42 Å². The summed E-state index contributed by atoms with van der Waals surface area (Å²) >= 11 is 5.90. The van der Waals surface area contributed by atoms with Crippen molar-refractivity contribution in [2.75, 3.05) is 31.1 Å². The molecule has 0 saturated carbocycles. The number of carbonyl (C=O) groups excluding carboxylic acids is 1. The van der Waals surface area contributed by atoms with E-state index < -0.39 is 10.0 Å². The van der Waals surface area contributed by atoms with Crippen LogP contribution < -0.4 is 10.2 Å². The second-order valence-electron chi connectivity index (χ2n) is 9.65. The van der Waals surface area contributed by atoms with E-state index in [0.717, 1.165) is 24.6 Å². The smallest absolute Gasteiger partial charge is 0.243 e. The molecule has 0 aromatic heterocycles. The number of halogens is 1. The zero-order valence-electron chi connectivity index (χ0n) is 19.9. The Morgan fingerprint density at radius 1 is 1.00 bits per heavy atom. The van der Waals surface area contributed by atoms with E-state index in [4.69, 9.17) is 11.6 Å². The predicted octanol–water partition coefficient (Wildman–Crippen LogP) is 4.85. The fraction of sp³-hybridized carbons (Fsp3) is 0.500. The van der Waals surface area contributed by atoms with Crippen molar-refractivity contribution < 1.29 is 13.2 Å². The van der Waals surface area contributed by atoms with Gasteiger partial charge in [0.15, 0.2) is 0 Å². The maximum atomic E-state index is 13.0. The molecule has 2 heterocycles. The Kier molecular flexibility index (Phi) is 7.85. The first kappa shape index (κ1) is 25.0. The first-order chi connectivity index (χ1) is 16.2. The molecule has 2 aromatic carbocycles. The number of nitrogens with one attached hydrogen (secondary N) is 1. The largest absolute Gasteiger partial charge is 0.372 e. The van der Waals surface area contributed by atoms with Crippen LogP contribution in [0.3, 0.4) is 0 Å². The molecule has 8 heteroatoms. The van der Waals surface area contributed by atoms with Gasteiger partial charge in [-0.2, -0.15) is 4.31 Å². The normalized spacial score (nSPS) is 21.3. The van der Waals surface area contributed by atoms with Crippen LogP contribution in [0.5, 0.6) is 0 Å². The number of nitrogens with zero attached hydrogens (tertiary/aromatic N) is 2. The molecule has 1 amide bonds. The van der Waals surface area contributed by atoms with Gasteiger partial charge in [0, 0.05) is 36.9 Å². The Balaban J connectivity index is 1.36. The third-order valence-electron chi connectivity index (χ3n) is 7.11. The van der Waals surface area contributed by atoms with Crippen LogP contribution in [0.2, 0.25) is 5.02 Å². The lowest BCUT2D eigenvalue weighted by molar-refractivity contribution is -0.126. The molecule has 2 fully saturated rings. The maximum absolute atomic E-state index is 13.0. The molecule has 0 spiro atoms. The third kappa shape index (κ3) is 5.75. The zero-order valence-corrected chi connectivity index (χ0v) is 21.5. The molecule has 34 heavy (non-hydrogen) atoms. The van der Waals surface area contributed by atoms with Gasteiger partial charge in [0.2, 0.25) is 15.9 Å². The Hall–Kier alpha value is -2.09. The van der Waals surface area contributed by atoms with E-state index in [0.29, 0.717) is 24.4 Å².